The van der Waals surface area contributed by atoms with Crippen LogP contribution in [0.1, 0.15) is 132 Å². The highest BCUT2D eigenvalue weighted by Gasteiger charge is 2.38. The molecule has 0 heterocycles. The second kappa shape index (κ2) is 18.6. The van der Waals surface area contributed by atoms with Crippen molar-refractivity contribution in [3.8, 4) is 33.4 Å². The van der Waals surface area contributed by atoms with Crippen molar-refractivity contribution in [1.82, 2.24) is 0 Å². The zero-order chi connectivity index (χ0) is 42.3. The molecule has 59 heavy (non-hydrogen) atoms. The molecule has 8 rings (SSSR count). The molecule has 6 aromatic rings. The number of hydrogen-bond donors (Lipinski definition) is 0. The highest BCUT2D eigenvalue weighted by molar-refractivity contribution is 5.91. The molecule has 0 saturated carbocycles. The number of aryl methyl sites for hydroxylation is 1. The fourth-order valence-electron chi connectivity index (χ4n) is 9.36. The molecule has 0 unspecified atom stereocenters. The summed E-state index contributed by atoms with van der Waals surface area (Å²) in [5, 5.41) is 0. The van der Waals surface area contributed by atoms with E-state index >= 15 is 0 Å². The lowest BCUT2D eigenvalue weighted by Gasteiger charge is -2.24. The zero-order valence-electron chi connectivity index (χ0n) is 37.6. The van der Waals surface area contributed by atoms with Crippen LogP contribution in [-0.2, 0) is 10.8 Å². The molecular weight excluding hydrogens is 709 g/mol. The molecule has 302 valence electrons. The molecule has 2 aliphatic rings. The van der Waals surface area contributed by atoms with E-state index in [1.165, 1.54) is 107 Å². The SMILES string of the molecule is C=C(C)CCC.CC/C=C(/C=C(\CCC)c1ccccc1)c1ccccc1.Cc1cc2c(cc1-c1ccc3c(c1C)-c1ccccc1C3(C)C)-c1ccccc1C2(C)C. The zero-order valence-corrected chi connectivity index (χ0v) is 37.6. The Bertz CT molecular complexity index is 2460. The molecule has 0 aliphatic heterocycles. The third-order valence-electron chi connectivity index (χ3n) is 12.4. The Morgan fingerprint density at radius 2 is 1.07 bits per heavy atom. The van der Waals surface area contributed by atoms with Crippen molar-refractivity contribution in [1.29, 1.82) is 0 Å². The Hall–Kier alpha value is -5.46. The van der Waals surface area contributed by atoms with Crippen molar-refractivity contribution in [3.05, 3.63) is 202 Å². The molecule has 0 aromatic heterocycles. The summed E-state index contributed by atoms with van der Waals surface area (Å²) in [6.07, 6.45) is 10.4. The Balaban J connectivity index is 0.000000187. The number of hydrogen-bond acceptors (Lipinski definition) is 0. The maximum absolute atomic E-state index is 3.74. The minimum absolute atomic E-state index is 0.0468. The molecule has 0 radical (unpaired) electrons. The average Bonchev–Trinajstić information content (AvgIpc) is 3.61. The van der Waals surface area contributed by atoms with Crippen LogP contribution in [0.4, 0.5) is 0 Å². The first-order chi connectivity index (χ1) is 28.3. The number of fused-ring (bicyclic) bond motifs is 6. The van der Waals surface area contributed by atoms with Crippen molar-refractivity contribution in [2.75, 3.05) is 0 Å². The lowest BCUT2D eigenvalue weighted by atomic mass is 9.80. The van der Waals surface area contributed by atoms with E-state index in [4.69, 9.17) is 0 Å². The van der Waals surface area contributed by atoms with E-state index in [2.05, 4.69) is 221 Å². The van der Waals surface area contributed by atoms with Gasteiger partial charge in [-0.05, 0) is 135 Å². The third kappa shape index (κ3) is 8.94. The maximum Gasteiger partial charge on any atom is 0.0158 e. The predicted octanol–water partition coefficient (Wildman–Crippen LogP) is 17.3. The highest BCUT2D eigenvalue weighted by Crippen LogP contribution is 2.53. The summed E-state index contributed by atoms with van der Waals surface area (Å²) in [6, 6.07) is 48.9. The molecule has 6 aromatic carbocycles. The van der Waals surface area contributed by atoms with Gasteiger partial charge in [-0.15, -0.1) is 6.58 Å². The van der Waals surface area contributed by atoms with Gasteiger partial charge in [0.05, 0.1) is 0 Å². The standard InChI is InChI=1S/C32H30.C21H24.C6H12/c1-19-17-29-25(22-11-7-9-13-26(22)32(29,5)6)18-24(19)21-15-16-28-30(20(21)2)23-12-8-10-14-27(23)31(28,3)4;1-3-11-20(18-13-7-5-8-14-18)17-21(12-4-2)19-15-9-6-10-16-19;1-4-5-6(2)3/h7-18H,1-6H3;5-11,13-17H,3-4,12H2,1-2H3;2,4-5H2,1,3H3/b;20-11-,21-17+;. The summed E-state index contributed by atoms with van der Waals surface area (Å²) in [6.45, 7) is 26.4. The Labute approximate surface area is 357 Å². The predicted molar refractivity (Wildman–Crippen MR) is 260 cm³/mol. The van der Waals surface area contributed by atoms with Crippen LogP contribution in [0.2, 0.25) is 0 Å². The summed E-state index contributed by atoms with van der Waals surface area (Å²) < 4.78 is 0. The van der Waals surface area contributed by atoms with Gasteiger partial charge in [0, 0.05) is 10.8 Å². The van der Waals surface area contributed by atoms with Crippen molar-refractivity contribution >= 4 is 11.1 Å². The normalized spacial score (nSPS) is 14.1. The first-order valence-electron chi connectivity index (χ1n) is 22.0. The monoisotopic (exact) mass is 775 g/mol. The van der Waals surface area contributed by atoms with Crippen LogP contribution in [0, 0.1) is 13.8 Å². The molecule has 0 saturated heterocycles. The van der Waals surface area contributed by atoms with Gasteiger partial charge < -0.3 is 0 Å². The number of benzene rings is 6. The van der Waals surface area contributed by atoms with Gasteiger partial charge in [-0.1, -0.05) is 206 Å². The van der Waals surface area contributed by atoms with E-state index in [9.17, 15) is 0 Å². The number of allylic oxidation sites excluding steroid dienone is 5. The summed E-state index contributed by atoms with van der Waals surface area (Å²) in [4.78, 5) is 0. The highest BCUT2D eigenvalue weighted by atomic mass is 14.4. The second-order valence-electron chi connectivity index (χ2n) is 17.6. The summed E-state index contributed by atoms with van der Waals surface area (Å²) >= 11 is 0. The molecule has 0 N–H and O–H groups in total. The lowest BCUT2D eigenvalue weighted by Crippen LogP contribution is -2.15. The van der Waals surface area contributed by atoms with Gasteiger partial charge in [0.1, 0.15) is 0 Å². The molecule has 0 bridgehead atoms. The smallest absolute Gasteiger partial charge is 0.0158 e. The molecule has 0 fully saturated rings. The summed E-state index contributed by atoms with van der Waals surface area (Å²) in [7, 11) is 0. The number of rotatable bonds is 9. The molecule has 2 aliphatic carbocycles. The van der Waals surface area contributed by atoms with E-state index in [1.807, 2.05) is 0 Å². The van der Waals surface area contributed by atoms with Gasteiger partial charge in [0.15, 0.2) is 0 Å². The summed E-state index contributed by atoms with van der Waals surface area (Å²) in [5.74, 6) is 0. The minimum Gasteiger partial charge on any atom is -0.100 e. The lowest BCUT2D eigenvalue weighted by molar-refractivity contribution is 0.659. The first-order valence-corrected chi connectivity index (χ1v) is 22.0. The van der Waals surface area contributed by atoms with Gasteiger partial charge in [-0.3, -0.25) is 0 Å². The van der Waals surface area contributed by atoms with E-state index < -0.39 is 0 Å². The largest absolute Gasteiger partial charge is 0.100 e. The fourth-order valence-corrected chi connectivity index (χ4v) is 9.36. The minimum atomic E-state index is 0.0468. The molecule has 0 spiro atoms. The van der Waals surface area contributed by atoms with Crippen molar-refractivity contribution in [2.45, 2.75) is 112 Å². The Morgan fingerprint density at radius 3 is 1.64 bits per heavy atom. The van der Waals surface area contributed by atoms with Crippen molar-refractivity contribution in [2.24, 2.45) is 0 Å². The fraction of sp³-hybridized carbons (Fsp3) is 0.288. The quantitative estimate of drug-likeness (QED) is 0.101. The van der Waals surface area contributed by atoms with Crippen molar-refractivity contribution in [3.63, 3.8) is 0 Å². The van der Waals surface area contributed by atoms with Crippen molar-refractivity contribution < 1.29 is 0 Å². The molecule has 0 heteroatoms. The van der Waals surface area contributed by atoms with Gasteiger partial charge in [-0.2, -0.15) is 0 Å². The maximum atomic E-state index is 3.74. The topological polar surface area (TPSA) is 0 Å². The van der Waals surface area contributed by atoms with E-state index in [-0.39, 0.29) is 10.8 Å². The first kappa shape index (κ1) is 43.1. The van der Waals surface area contributed by atoms with Crippen LogP contribution in [0.5, 0.6) is 0 Å². The second-order valence-corrected chi connectivity index (χ2v) is 17.6. The van der Waals surface area contributed by atoms with E-state index in [0.29, 0.717) is 0 Å². The van der Waals surface area contributed by atoms with E-state index in [0.717, 1.165) is 19.3 Å². The molecular formula is C59H66. The van der Waals surface area contributed by atoms with Crippen LogP contribution < -0.4 is 0 Å². The van der Waals surface area contributed by atoms with Gasteiger partial charge >= 0.3 is 0 Å². The van der Waals surface area contributed by atoms with Crippen LogP contribution in [0.3, 0.4) is 0 Å². The Morgan fingerprint density at radius 1 is 0.525 bits per heavy atom. The molecule has 0 atom stereocenters. The van der Waals surface area contributed by atoms with Gasteiger partial charge in [-0.25, -0.2) is 0 Å². The van der Waals surface area contributed by atoms with Crippen LogP contribution in [0.25, 0.3) is 44.5 Å². The van der Waals surface area contributed by atoms with Crippen LogP contribution >= 0.6 is 0 Å². The van der Waals surface area contributed by atoms with Gasteiger partial charge in [0.2, 0.25) is 0 Å². The average molecular weight is 775 g/mol. The van der Waals surface area contributed by atoms with E-state index in [1.54, 1.807) is 0 Å². The van der Waals surface area contributed by atoms with Gasteiger partial charge in [0.25, 0.3) is 0 Å². The van der Waals surface area contributed by atoms with Crippen LogP contribution in [-0.4, -0.2) is 0 Å². The summed E-state index contributed by atoms with van der Waals surface area (Å²) in [5.41, 5.74) is 23.6. The molecule has 0 amide bonds. The van der Waals surface area contributed by atoms with Crippen LogP contribution in [0.15, 0.2) is 158 Å². The Kier molecular flexibility index (Phi) is 13.6. The molecule has 0 nitrogen and oxygen atoms in total. The third-order valence-corrected chi connectivity index (χ3v) is 12.4.